The molecule has 2 fully saturated rings. The summed E-state index contributed by atoms with van der Waals surface area (Å²) >= 11 is 1.48. The van der Waals surface area contributed by atoms with Gasteiger partial charge in [0.2, 0.25) is 0 Å². The molecule has 0 spiro atoms. The molecule has 2 aromatic carbocycles. The predicted molar refractivity (Wildman–Crippen MR) is 166 cm³/mol. The topological polar surface area (TPSA) is 106 Å². The first-order chi connectivity index (χ1) is 19.8. The molecule has 7 rings (SSSR count). The molecule has 0 amide bonds. The number of anilines is 2. The molecule has 0 unspecified atom stereocenters. The van der Waals surface area contributed by atoms with Crippen LogP contribution in [0.2, 0.25) is 0 Å². The molecule has 0 atom stereocenters. The Hall–Kier alpha value is -4.01. The van der Waals surface area contributed by atoms with E-state index < -0.39 is 0 Å². The molecule has 2 aliphatic rings. The van der Waals surface area contributed by atoms with Crippen LogP contribution in [0.4, 0.5) is 11.4 Å². The second-order valence-corrected chi connectivity index (χ2v) is 10.6. The van der Waals surface area contributed by atoms with E-state index in [4.69, 9.17) is 9.72 Å². The number of ether oxygens (including phenoxy) is 1. The van der Waals surface area contributed by atoms with E-state index in [1.165, 1.54) is 22.7 Å². The van der Waals surface area contributed by atoms with Gasteiger partial charge in [0.25, 0.3) is 0 Å². The molecule has 208 valence electrons. The number of piperazine rings is 1. The van der Waals surface area contributed by atoms with Crippen LogP contribution in [-0.2, 0) is 4.74 Å². The highest BCUT2D eigenvalue weighted by atomic mass is 35.5. The lowest BCUT2D eigenvalue weighted by molar-refractivity contribution is 0.122. The van der Waals surface area contributed by atoms with Crippen molar-refractivity contribution in [2.45, 2.75) is 0 Å². The summed E-state index contributed by atoms with van der Waals surface area (Å²) < 4.78 is 5.51. The van der Waals surface area contributed by atoms with Crippen molar-refractivity contribution in [3.8, 4) is 39.8 Å². The van der Waals surface area contributed by atoms with Crippen molar-refractivity contribution < 1.29 is 4.74 Å². The SMILES string of the molecule is Cl.N#Cc1c(-c2cscn2)nc2n[nH]c(-c3ccc(N4CCOCC4)cc3)c2c1-c1ccc(N2CCNCC2)cc1. The molecule has 0 saturated carbocycles. The van der Waals surface area contributed by atoms with Crippen molar-refractivity contribution in [2.75, 3.05) is 62.3 Å². The van der Waals surface area contributed by atoms with Gasteiger partial charge in [0.15, 0.2) is 5.65 Å². The number of aromatic nitrogens is 4. The molecule has 5 aromatic rings. The number of hydrogen-bond donors (Lipinski definition) is 2. The molecule has 3 aromatic heterocycles. The average Bonchev–Trinajstić information content (AvgIpc) is 3.72. The summed E-state index contributed by atoms with van der Waals surface area (Å²) in [4.78, 5) is 14.0. The van der Waals surface area contributed by atoms with E-state index in [2.05, 4.69) is 84.9 Å². The fourth-order valence-corrected chi connectivity index (χ4v) is 6.14. The van der Waals surface area contributed by atoms with Crippen LogP contribution in [0.5, 0.6) is 0 Å². The Morgan fingerprint density at radius 2 is 1.54 bits per heavy atom. The van der Waals surface area contributed by atoms with Crippen LogP contribution in [0, 0.1) is 11.3 Å². The van der Waals surface area contributed by atoms with Crippen LogP contribution in [0.1, 0.15) is 5.56 Å². The minimum Gasteiger partial charge on any atom is -0.378 e. The summed E-state index contributed by atoms with van der Waals surface area (Å²) in [7, 11) is 0. The largest absolute Gasteiger partial charge is 0.378 e. The fraction of sp³-hybridized carbons (Fsp3) is 0.267. The summed E-state index contributed by atoms with van der Waals surface area (Å²) in [6.07, 6.45) is 0. The minimum atomic E-state index is 0. The third-order valence-electron chi connectivity index (χ3n) is 7.66. The third kappa shape index (κ3) is 5.13. The molecule has 11 heteroatoms. The van der Waals surface area contributed by atoms with Crippen molar-refractivity contribution in [2.24, 2.45) is 0 Å². The van der Waals surface area contributed by atoms with Crippen LogP contribution >= 0.6 is 23.7 Å². The van der Waals surface area contributed by atoms with Gasteiger partial charge in [0, 0.05) is 67.2 Å². The Kier molecular flexibility index (Phi) is 7.85. The van der Waals surface area contributed by atoms with Gasteiger partial charge in [0.1, 0.15) is 17.5 Å². The predicted octanol–water partition coefficient (Wildman–Crippen LogP) is 4.96. The van der Waals surface area contributed by atoms with Crippen molar-refractivity contribution in [3.63, 3.8) is 0 Å². The molecule has 9 nitrogen and oxygen atoms in total. The van der Waals surface area contributed by atoms with E-state index >= 15 is 0 Å². The number of nitrogens with one attached hydrogen (secondary N) is 2. The van der Waals surface area contributed by atoms with Gasteiger partial charge in [-0.25, -0.2) is 9.97 Å². The van der Waals surface area contributed by atoms with Gasteiger partial charge < -0.3 is 19.9 Å². The maximum Gasteiger partial charge on any atom is 0.182 e. The van der Waals surface area contributed by atoms with Crippen molar-refractivity contribution in [1.29, 1.82) is 5.26 Å². The quantitative estimate of drug-likeness (QED) is 0.299. The molecular formula is C30H29ClN8OS. The molecule has 2 aliphatic heterocycles. The number of benzene rings is 2. The Balaban J connectivity index is 0.00000302. The average molecular weight is 585 g/mol. The highest BCUT2D eigenvalue weighted by Crippen LogP contribution is 2.41. The van der Waals surface area contributed by atoms with E-state index in [1.807, 2.05) is 5.38 Å². The zero-order valence-electron chi connectivity index (χ0n) is 22.3. The first-order valence-corrected chi connectivity index (χ1v) is 14.4. The Morgan fingerprint density at radius 3 is 2.17 bits per heavy atom. The maximum absolute atomic E-state index is 10.5. The Morgan fingerprint density at radius 1 is 0.878 bits per heavy atom. The summed E-state index contributed by atoms with van der Waals surface area (Å²) in [5.74, 6) is 0. The van der Waals surface area contributed by atoms with Gasteiger partial charge in [-0.2, -0.15) is 10.4 Å². The number of nitrogens with zero attached hydrogens (tertiary/aromatic N) is 6. The van der Waals surface area contributed by atoms with E-state index in [9.17, 15) is 5.26 Å². The lowest BCUT2D eigenvalue weighted by atomic mass is 9.93. The second kappa shape index (κ2) is 11.8. The van der Waals surface area contributed by atoms with Crippen LogP contribution < -0.4 is 15.1 Å². The van der Waals surface area contributed by atoms with Crippen LogP contribution in [-0.4, -0.2) is 72.6 Å². The van der Waals surface area contributed by atoms with Gasteiger partial charge in [-0.1, -0.05) is 24.3 Å². The van der Waals surface area contributed by atoms with E-state index in [1.54, 1.807) is 5.51 Å². The highest BCUT2D eigenvalue weighted by Gasteiger charge is 2.24. The number of aromatic amines is 1. The van der Waals surface area contributed by atoms with Crippen molar-refractivity contribution in [3.05, 3.63) is 65.0 Å². The number of thiazole rings is 1. The van der Waals surface area contributed by atoms with Crippen LogP contribution in [0.3, 0.4) is 0 Å². The van der Waals surface area contributed by atoms with E-state index in [0.717, 1.165) is 80.3 Å². The number of halogens is 1. The van der Waals surface area contributed by atoms with Crippen molar-refractivity contribution in [1.82, 2.24) is 25.5 Å². The number of nitriles is 1. The number of fused-ring (bicyclic) bond motifs is 1. The molecule has 0 radical (unpaired) electrons. The molecule has 2 saturated heterocycles. The second-order valence-electron chi connectivity index (χ2n) is 9.92. The van der Waals surface area contributed by atoms with Crippen molar-refractivity contribution >= 4 is 46.2 Å². The van der Waals surface area contributed by atoms with Gasteiger partial charge in [-0.15, -0.1) is 23.7 Å². The Bertz CT molecular complexity index is 1670. The maximum atomic E-state index is 10.5. The number of morpholine rings is 1. The zero-order chi connectivity index (χ0) is 26.9. The third-order valence-corrected chi connectivity index (χ3v) is 8.25. The minimum absolute atomic E-state index is 0. The zero-order valence-corrected chi connectivity index (χ0v) is 24.0. The number of H-pyrrole nitrogens is 1. The first kappa shape index (κ1) is 27.2. The normalized spacial score (nSPS) is 15.5. The lowest BCUT2D eigenvalue weighted by Crippen LogP contribution is -2.43. The fourth-order valence-electron chi connectivity index (χ4n) is 5.60. The van der Waals surface area contributed by atoms with Crippen LogP contribution in [0.15, 0.2) is 59.4 Å². The monoisotopic (exact) mass is 584 g/mol. The summed E-state index contributed by atoms with van der Waals surface area (Å²) in [5.41, 5.74) is 10.0. The summed E-state index contributed by atoms with van der Waals surface area (Å²) in [6, 6.07) is 19.5. The smallest absolute Gasteiger partial charge is 0.182 e. The molecule has 0 aliphatic carbocycles. The lowest BCUT2D eigenvalue weighted by Gasteiger charge is -2.29. The van der Waals surface area contributed by atoms with E-state index in [0.29, 0.717) is 22.6 Å². The molecule has 41 heavy (non-hydrogen) atoms. The Labute approximate surface area is 248 Å². The molecule has 5 heterocycles. The summed E-state index contributed by atoms with van der Waals surface area (Å²) in [5, 5.41) is 24.5. The van der Waals surface area contributed by atoms with Gasteiger partial charge >= 0.3 is 0 Å². The standard InChI is InChI=1S/C30H28N8OS.ClH/c31-17-24-26(20-1-5-22(6-2-20)37-11-9-32-10-12-37)27-28(35-36-30(27)34-29(24)25-18-40-19-33-25)21-3-7-23(8-4-21)38-13-15-39-16-14-38;/h1-8,18-19,32H,9-16H2,(H,34,35,36);1H. The molecule has 2 N–H and O–H groups in total. The molecular weight excluding hydrogens is 556 g/mol. The molecule has 0 bridgehead atoms. The van der Waals surface area contributed by atoms with Gasteiger partial charge in [-0.3, -0.25) is 5.10 Å². The number of pyridine rings is 1. The summed E-state index contributed by atoms with van der Waals surface area (Å²) in [6.45, 7) is 7.16. The number of rotatable bonds is 5. The number of hydrogen-bond acceptors (Lipinski definition) is 9. The van der Waals surface area contributed by atoms with E-state index in [-0.39, 0.29) is 12.4 Å². The van der Waals surface area contributed by atoms with Crippen LogP contribution in [0.25, 0.3) is 44.8 Å². The van der Waals surface area contributed by atoms with Gasteiger partial charge in [0.05, 0.1) is 35.4 Å². The van der Waals surface area contributed by atoms with Gasteiger partial charge in [-0.05, 0) is 29.8 Å². The highest BCUT2D eigenvalue weighted by molar-refractivity contribution is 7.07. The first-order valence-electron chi connectivity index (χ1n) is 13.5.